The summed E-state index contributed by atoms with van der Waals surface area (Å²) in [6.07, 6.45) is 0.204. The van der Waals surface area contributed by atoms with Crippen LogP contribution in [0.2, 0.25) is 0 Å². The molecule has 0 aromatic heterocycles. The van der Waals surface area contributed by atoms with Crippen molar-refractivity contribution in [3.05, 3.63) is 114 Å². The fourth-order valence-electron chi connectivity index (χ4n) is 4.91. The molecule has 1 atom stereocenters. The summed E-state index contributed by atoms with van der Waals surface area (Å²) in [5.41, 5.74) is 1.71. The van der Waals surface area contributed by atoms with Crippen molar-refractivity contribution in [1.29, 1.82) is 0 Å². The van der Waals surface area contributed by atoms with Gasteiger partial charge in [-0.25, -0.2) is 8.42 Å². The maximum absolute atomic E-state index is 14.5. The van der Waals surface area contributed by atoms with E-state index in [2.05, 4.69) is 5.32 Å². The van der Waals surface area contributed by atoms with Gasteiger partial charge >= 0.3 is 0 Å². The van der Waals surface area contributed by atoms with E-state index in [-0.39, 0.29) is 29.3 Å². The van der Waals surface area contributed by atoms with Crippen LogP contribution in [0.1, 0.15) is 11.1 Å². The number of likely N-dealkylation sites (N-methyl/N-ethyl adjacent to an activating group) is 1. The molecule has 4 aromatic rings. The summed E-state index contributed by atoms with van der Waals surface area (Å²) in [5, 5.41) is 2.68. The Bertz CT molecular complexity index is 1700. The Morgan fingerprint density at radius 2 is 1.40 bits per heavy atom. The van der Waals surface area contributed by atoms with E-state index in [1.165, 1.54) is 50.4 Å². The molecule has 0 fully saturated rings. The van der Waals surface area contributed by atoms with Gasteiger partial charge in [0.05, 0.1) is 31.9 Å². The third-order valence-electron chi connectivity index (χ3n) is 7.28. The lowest BCUT2D eigenvalue weighted by molar-refractivity contribution is -0.139. The van der Waals surface area contributed by atoms with Crippen molar-refractivity contribution in [3.63, 3.8) is 0 Å². The Morgan fingerprint density at radius 1 is 0.756 bits per heavy atom. The van der Waals surface area contributed by atoms with Crippen molar-refractivity contribution in [3.8, 4) is 17.2 Å². The predicted octanol–water partition coefficient (Wildman–Crippen LogP) is 4.29. The lowest BCUT2D eigenvalue weighted by Crippen LogP contribution is -2.53. The normalized spacial score (nSPS) is 11.6. The predicted molar refractivity (Wildman–Crippen MR) is 172 cm³/mol. The fourth-order valence-corrected chi connectivity index (χ4v) is 6.34. The third kappa shape index (κ3) is 7.93. The fraction of sp³-hybridized carbons (Fsp3) is 0.235. The molecule has 0 radical (unpaired) electrons. The highest BCUT2D eigenvalue weighted by molar-refractivity contribution is 7.92. The molecule has 10 nitrogen and oxygen atoms in total. The van der Waals surface area contributed by atoms with Crippen LogP contribution in [-0.4, -0.2) is 66.1 Å². The number of anilines is 1. The summed E-state index contributed by atoms with van der Waals surface area (Å²) in [4.78, 5) is 29.2. The van der Waals surface area contributed by atoms with E-state index >= 15 is 0 Å². The zero-order chi connectivity index (χ0) is 32.4. The van der Waals surface area contributed by atoms with Crippen LogP contribution in [0.5, 0.6) is 17.2 Å². The molecule has 1 N–H and O–H groups in total. The van der Waals surface area contributed by atoms with Crippen LogP contribution in [0.15, 0.2) is 108 Å². The van der Waals surface area contributed by atoms with E-state index in [4.69, 9.17) is 14.2 Å². The summed E-state index contributed by atoms with van der Waals surface area (Å²) >= 11 is 0. The number of carbonyl (C=O) groups excluding carboxylic acids is 2. The van der Waals surface area contributed by atoms with E-state index in [9.17, 15) is 18.0 Å². The summed E-state index contributed by atoms with van der Waals surface area (Å²) in [7, 11) is 1.65. The van der Waals surface area contributed by atoms with Gasteiger partial charge in [-0.15, -0.1) is 0 Å². The van der Waals surface area contributed by atoms with Gasteiger partial charge in [-0.1, -0.05) is 54.6 Å². The van der Waals surface area contributed by atoms with Crippen LogP contribution < -0.4 is 23.8 Å². The van der Waals surface area contributed by atoms with Crippen LogP contribution in [0, 0.1) is 0 Å². The number of rotatable bonds is 14. The van der Waals surface area contributed by atoms with E-state index < -0.39 is 34.4 Å². The summed E-state index contributed by atoms with van der Waals surface area (Å²) in [6, 6.07) is 28.0. The molecule has 4 aromatic carbocycles. The summed E-state index contributed by atoms with van der Waals surface area (Å²) < 4.78 is 45.5. The molecule has 2 amide bonds. The maximum Gasteiger partial charge on any atom is 0.264 e. The maximum atomic E-state index is 14.5. The van der Waals surface area contributed by atoms with Crippen LogP contribution in [0.3, 0.4) is 0 Å². The topological polar surface area (TPSA) is 114 Å². The number of amides is 2. The van der Waals surface area contributed by atoms with Gasteiger partial charge in [0.1, 0.15) is 29.8 Å². The highest BCUT2D eigenvalue weighted by Gasteiger charge is 2.35. The van der Waals surface area contributed by atoms with Gasteiger partial charge in [0.2, 0.25) is 11.8 Å². The lowest BCUT2D eigenvalue weighted by Gasteiger charge is -2.34. The van der Waals surface area contributed by atoms with E-state index in [1.54, 1.807) is 49.6 Å². The third-order valence-corrected chi connectivity index (χ3v) is 9.06. The second kappa shape index (κ2) is 15.1. The number of hydrogen-bond acceptors (Lipinski definition) is 7. The van der Waals surface area contributed by atoms with E-state index in [0.717, 1.165) is 9.87 Å². The van der Waals surface area contributed by atoms with Crippen molar-refractivity contribution in [1.82, 2.24) is 10.2 Å². The van der Waals surface area contributed by atoms with Crippen LogP contribution in [-0.2, 0) is 32.6 Å². The zero-order valence-electron chi connectivity index (χ0n) is 25.7. The highest BCUT2D eigenvalue weighted by atomic mass is 32.2. The smallest absolute Gasteiger partial charge is 0.264 e. The average molecular weight is 632 g/mol. The number of methoxy groups -OCH3 is 3. The number of benzene rings is 4. The number of carbonyl (C=O) groups is 2. The molecule has 0 aliphatic rings. The summed E-state index contributed by atoms with van der Waals surface area (Å²) in [6.45, 7) is -0.593. The molecule has 0 saturated carbocycles. The van der Waals surface area contributed by atoms with Crippen molar-refractivity contribution < 1.29 is 32.2 Å². The monoisotopic (exact) mass is 631 g/mol. The van der Waals surface area contributed by atoms with Gasteiger partial charge in [0, 0.05) is 20.0 Å². The van der Waals surface area contributed by atoms with Gasteiger partial charge in [-0.2, -0.15) is 0 Å². The van der Waals surface area contributed by atoms with E-state index in [1.807, 2.05) is 36.4 Å². The minimum Gasteiger partial charge on any atom is -0.497 e. The Kier molecular flexibility index (Phi) is 11.0. The number of ether oxygens (including phenoxy) is 3. The Hall–Kier alpha value is -5.03. The minimum atomic E-state index is -4.30. The van der Waals surface area contributed by atoms with Gasteiger partial charge in [-0.3, -0.25) is 13.9 Å². The van der Waals surface area contributed by atoms with Crippen molar-refractivity contribution in [2.45, 2.75) is 23.9 Å². The molecule has 0 bridgehead atoms. The lowest BCUT2D eigenvalue weighted by atomic mass is 10.0. The van der Waals surface area contributed by atoms with Crippen LogP contribution >= 0.6 is 0 Å². The second-order valence-electron chi connectivity index (χ2n) is 10.1. The van der Waals surface area contributed by atoms with Gasteiger partial charge in [0.15, 0.2) is 0 Å². The van der Waals surface area contributed by atoms with Crippen molar-refractivity contribution in [2.24, 2.45) is 0 Å². The molecule has 4 rings (SSSR count). The van der Waals surface area contributed by atoms with Gasteiger partial charge in [0.25, 0.3) is 10.0 Å². The standard InChI is InChI=1S/C34H37N3O7S/c1-35-34(39)31(22-25-11-6-5-7-12-25)36(23-26-13-10-14-28(21-26)43-3)33(38)24-37(30-15-8-9-16-32(30)44-4)45(40,41)29-19-17-27(42-2)18-20-29/h5-21,31H,22-24H2,1-4H3,(H,35,39)/t31-/m0/s1. The molecular weight excluding hydrogens is 594 g/mol. The molecule has 0 aliphatic heterocycles. The molecular formula is C34H37N3O7S. The molecule has 0 unspecified atom stereocenters. The first-order valence-corrected chi connectivity index (χ1v) is 15.6. The average Bonchev–Trinajstić information content (AvgIpc) is 3.08. The van der Waals surface area contributed by atoms with Crippen molar-refractivity contribution in [2.75, 3.05) is 39.2 Å². The number of hydrogen-bond donors (Lipinski definition) is 1. The quantitative estimate of drug-likeness (QED) is 0.221. The number of sulfonamides is 1. The first-order valence-electron chi connectivity index (χ1n) is 14.2. The Morgan fingerprint density at radius 3 is 2.04 bits per heavy atom. The SMILES string of the molecule is CNC(=O)[C@H](Cc1ccccc1)N(Cc1cccc(OC)c1)C(=O)CN(c1ccccc1OC)S(=O)(=O)c1ccc(OC)cc1. The molecule has 0 heterocycles. The Balaban J connectivity index is 1.82. The number of nitrogens with one attached hydrogen (secondary N) is 1. The number of para-hydroxylation sites is 2. The summed E-state index contributed by atoms with van der Waals surface area (Å²) in [5.74, 6) is 0.334. The molecule has 11 heteroatoms. The van der Waals surface area contributed by atoms with Gasteiger partial charge < -0.3 is 24.4 Å². The first kappa shape index (κ1) is 32.9. The highest BCUT2D eigenvalue weighted by Crippen LogP contribution is 2.33. The van der Waals surface area contributed by atoms with E-state index in [0.29, 0.717) is 17.1 Å². The van der Waals surface area contributed by atoms with Crippen molar-refractivity contribution >= 4 is 27.5 Å². The minimum absolute atomic E-state index is 0.0172. The zero-order valence-corrected chi connectivity index (χ0v) is 26.5. The van der Waals surface area contributed by atoms with Crippen LogP contribution in [0.25, 0.3) is 0 Å². The largest absolute Gasteiger partial charge is 0.497 e. The molecule has 236 valence electrons. The van der Waals surface area contributed by atoms with Gasteiger partial charge in [-0.05, 0) is 59.7 Å². The molecule has 0 saturated heterocycles. The first-order chi connectivity index (χ1) is 21.7. The second-order valence-corrected chi connectivity index (χ2v) is 11.9. The van der Waals surface area contributed by atoms with Crippen LogP contribution in [0.4, 0.5) is 5.69 Å². The molecule has 45 heavy (non-hydrogen) atoms. The Labute approximate surface area is 264 Å². The molecule has 0 spiro atoms. The molecule has 0 aliphatic carbocycles. The number of nitrogens with zero attached hydrogens (tertiary/aromatic N) is 2.